The van der Waals surface area contributed by atoms with Gasteiger partial charge in [-0.05, 0) is 46.5 Å². The molecule has 2 nitrogen and oxygen atoms in total. The Labute approximate surface area is 161 Å². The lowest BCUT2D eigenvalue weighted by Gasteiger charge is -2.07. The molecule has 0 aliphatic heterocycles. The van der Waals surface area contributed by atoms with Crippen molar-refractivity contribution in [3.05, 3.63) is 97.1 Å². The van der Waals surface area contributed by atoms with Crippen LogP contribution >= 0.6 is 0 Å². The predicted octanol–water partition coefficient (Wildman–Crippen LogP) is 3.55. The molecule has 0 saturated heterocycles. The Morgan fingerprint density at radius 1 is 0.370 bits per heavy atom. The normalized spacial score (nSPS) is 10.7. The standard InChI is InChI=1S/C24H20O2Si/c25-21-9-1-17(2-10-21)19-5-13-23(14-6-19)27-24-15-7-20(8-16-24)18-3-11-22(26)12-4-18/h1-16,25-26H,27H2. The number of hydrogen-bond acceptors (Lipinski definition) is 2. The van der Waals surface area contributed by atoms with Gasteiger partial charge >= 0.3 is 0 Å². The topological polar surface area (TPSA) is 40.5 Å². The zero-order chi connectivity index (χ0) is 18.6. The largest absolute Gasteiger partial charge is 0.508 e. The van der Waals surface area contributed by atoms with Crippen LogP contribution in [0.15, 0.2) is 97.1 Å². The van der Waals surface area contributed by atoms with E-state index in [1.165, 1.54) is 10.4 Å². The summed E-state index contributed by atoms with van der Waals surface area (Å²) in [4.78, 5) is 0. The molecule has 0 aromatic heterocycles. The second kappa shape index (κ2) is 7.52. The average Bonchev–Trinajstić information content (AvgIpc) is 2.71. The van der Waals surface area contributed by atoms with E-state index in [0.29, 0.717) is 11.5 Å². The minimum Gasteiger partial charge on any atom is -0.508 e. The molecule has 132 valence electrons. The monoisotopic (exact) mass is 368 g/mol. The van der Waals surface area contributed by atoms with E-state index in [4.69, 9.17) is 0 Å². The summed E-state index contributed by atoms with van der Waals surface area (Å²) < 4.78 is 0. The van der Waals surface area contributed by atoms with Crippen molar-refractivity contribution >= 4 is 19.9 Å². The summed E-state index contributed by atoms with van der Waals surface area (Å²) in [6.45, 7) is 0. The molecule has 0 radical (unpaired) electrons. The van der Waals surface area contributed by atoms with E-state index >= 15 is 0 Å². The van der Waals surface area contributed by atoms with Crippen molar-refractivity contribution < 1.29 is 10.2 Å². The summed E-state index contributed by atoms with van der Waals surface area (Å²) in [7, 11) is -0.519. The molecule has 0 aliphatic rings. The fraction of sp³-hybridized carbons (Fsp3) is 0. The molecule has 0 aliphatic carbocycles. The molecule has 0 amide bonds. The van der Waals surface area contributed by atoms with E-state index in [2.05, 4.69) is 48.5 Å². The predicted molar refractivity (Wildman–Crippen MR) is 115 cm³/mol. The van der Waals surface area contributed by atoms with Crippen molar-refractivity contribution in [1.82, 2.24) is 0 Å². The molecule has 4 aromatic rings. The zero-order valence-electron chi connectivity index (χ0n) is 14.8. The highest BCUT2D eigenvalue weighted by Gasteiger charge is 2.02. The van der Waals surface area contributed by atoms with E-state index in [-0.39, 0.29) is 0 Å². The number of benzene rings is 4. The third-order valence-electron chi connectivity index (χ3n) is 4.72. The maximum Gasteiger partial charge on any atom is 0.115 e. The summed E-state index contributed by atoms with van der Waals surface area (Å²) >= 11 is 0. The minimum atomic E-state index is -0.519. The molecule has 27 heavy (non-hydrogen) atoms. The molecule has 2 N–H and O–H groups in total. The second-order valence-electron chi connectivity index (χ2n) is 6.66. The summed E-state index contributed by atoms with van der Waals surface area (Å²) in [5.41, 5.74) is 4.55. The van der Waals surface area contributed by atoms with Gasteiger partial charge in [-0.15, -0.1) is 0 Å². The third kappa shape index (κ3) is 4.10. The zero-order valence-corrected chi connectivity index (χ0v) is 16.3. The van der Waals surface area contributed by atoms with Crippen LogP contribution in [0.3, 0.4) is 0 Å². The Morgan fingerprint density at radius 3 is 0.926 bits per heavy atom. The van der Waals surface area contributed by atoms with Gasteiger partial charge in [-0.25, -0.2) is 0 Å². The van der Waals surface area contributed by atoms with Crippen LogP contribution < -0.4 is 10.4 Å². The van der Waals surface area contributed by atoms with Crippen LogP contribution in [0.1, 0.15) is 0 Å². The van der Waals surface area contributed by atoms with Gasteiger partial charge in [-0.2, -0.15) is 0 Å². The van der Waals surface area contributed by atoms with Gasteiger partial charge in [-0.1, -0.05) is 83.2 Å². The van der Waals surface area contributed by atoms with Gasteiger partial charge < -0.3 is 10.2 Å². The molecule has 0 saturated carbocycles. The Kier molecular flexibility index (Phi) is 4.77. The molecule has 4 aromatic carbocycles. The summed E-state index contributed by atoms with van der Waals surface area (Å²) in [6.07, 6.45) is 0. The van der Waals surface area contributed by atoms with Crippen LogP contribution in [0.5, 0.6) is 11.5 Å². The lowest BCUT2D eigenvalue weighted by atomic mass is 10.1. The summed E-state index contributed by atoms with van der Waals surface area (Å²) in [5, 5.41) is 21.6. The van der Waals surface area contributed by atoms with Gasteiger partial charge in [0.2, 0.25) is 0 Å². The Morgan fingerprint density at radius 2 is 0.630 bits per heavy atom. The molecule has 0 unspecified atom stereocenters. The van der Waals surface area contributed by atoms with Gasteiger partial charge in [0.15, 0.2) is 0 Å². The van der Waals surface area contributed by atoms with Crippen LogP contribution in [-0.2, 0) is 0 Å². The number of phenolic OH excluding ortho intramolecular Hbond substituents is 2. The van der Waals surface area contributed by atoms with Crippen molar-refractivity contribution in [1.29, 1.82) is 0 Å². The van der Waals surface area contributed by atoms with E-state index in [9.17, 15) is 10.2 Å². The van der Waals surface area contributed by atoms with Gasteiger partial charge in [-0.3, -0.25) is 0 Å². The lowest BCUT2D eigenvalue weighted by molar-refractivity contribution is 0.475. The molecule has 0 fully saturated rings. The number of aromatic hydroxyl groups is 2. The fourth-order valence-corrected chi connectivity index (χ4v) is 4.59. The molecule has 0 bridgehead atoms. The highest BCUT2D eigenvalue weighted by molar-refractivity contribution is 6.67. The summed E-state index contributed by atoms with van der Waals surface area (Å²) in [6, 6.07) is 32.1. The van der Waals surface area contributed by atoms with Crippen molar-refractivity contribution in [3.63, 3.8) is 0 Å². The first-order chi connectivity index (χ1) is 13.2. The van der Waals surface area contributed by atoms with Gasteiger partial charge in [0.25, 0.3) is 0 Å². The Bertz CT molecular complexity index is 933. The van der Waals surface area contributed by atoms with Crippen molar-refractivity contribution in [2.24, 2.45) is 0 Å². The number of hydrogen-bond donors (Lipinski definition) is 2. The minimum absolute atomic E-state index is 0.290. The molecular formula is C24H20O2Si. The van der Waals surface area contributed by atoms with Gasteiger partial charge in [0.05, 0.1) is 9.52 Å². The van der Waals surface area contributed by atoms with Crippen LogP contribution in [0.4, 0.5) is 0 Å². The van der Waals surface area contributed by atoms with Gasteiger partial charge in [0, 0.05) is 0 Å². The van der Waals surface area contributed by atoms with Crippen LogP contribution in [0, 0.1) is 0 Å². The lowest BCUT2D eigenvalue weighted by Crippen LogP contribution is -2.26. The smallest absolute Gasteiger partial charge is 0.115 e. The van der Waals surface area contributed by atoms with E-state index in [0.717, 1.165) is 22.3 Å². The highest BCUT2D eigenvalue weighted by atomic mass is 28.2. The van der Waals surface area contributed by atoms with Crippen molar-refractivity contribution in [2.45, 2.75) is 0 Å². The first-order valence-corrected chi connectivity index (χ1v) is 10.4. The molecule has 0 heterocycles. The molecule has 0 atom stereocenters. The van der Waals surface area contributed by atoms with Crippen LogP contribution in [0.2, 0.25) is 0 Å². The van der Waals surface area contributed by atoms with E-state index in [1.54, 1.807) is 24.3 Å². The second-order valence-corrected chi connectivity index (χ2v) is 8.65. The maximum absolute atomic E-state index is 9.41. The maximum atomic E-state index is 9.41. The molecule has 0 spiro atoms. The molecular weight excluding hydrogens is 348 g/mol. The van der Waals surface area contributed by atoms with E-state index in [1.807, 2.05) is 24.3 Å². The SMILES string of the molecule is Oc1ccc(-c2ccc([SiH2]c3ccc(-c4ccc(O)cc4)cc3)cc2)cc1. The molecule has 4 rings (SSSR count). The van der Waals surface area contributed by atoms with Crippen LogP contribution in [0.25, 0.3) is 22.3 Å². The highest BCUT2D eigenvalue weighted by Crippen LogP contribution is 2.22. The van der Waals surface area contributed by atoms with Crippen molar-refractivity contribution in [3.8, 4) is 33.8 Å². The quantitative estimate of drug-likeness (QED) is 0.541. The first kappa shape index (κ1) is 17.1. The van der Waals surface area contributed by atoms with E-state index < -0.39 is 9.52 Å². The first-order valence-electron chi connectivity index (χ1n) is 8.94. The fourth-order valence-electron chi connectivity index (χ4n) is 3.17. The number of rotatable bonds is 4. The van der Waals surface area contributed by atoms with Gasteiger partial charge in [0.1, 0.15) is 11.5 Å². The third-order valence-corrected chi connectivity index (χ3v) is 6.48. The van der Waals surface area contributed by atoms with Crippen molar-refractivity contribution in [2.75, 3.05) is 0 Å². The number of phenols is 2. The Balaban J connectivity index is 1.47. The Hall–Kier alpha value is -3.30. The molecule has 3 heteroatoms. The average molecular weight is 369 g/mol. The summed E-state index contributed by atoms with van der Waals surface area (Å²) in [5.74, 6) is 0.581. The van der Waals surface area contributed by atoms with Crippen LogP contribution in [-0.4, -0.2) is 19.7 Å².